The van der Waals surface area contributed by atoms with Gasteiger partial charge in [0.2, 0.25) is 11.8 Å². The van der Waals surface area contributed by atoms with Gasteiger partial charge in [-0.3, -0.25) is 0 Å². The molecular formula is C24H21N7O6. The van der Waals surface area contributed by atoms with Gasteiger partial charge in [-0.05, 0) is 12.5 Å². The Morgan fingerprint density at radius 2 is 1.92 bits per heavy atom. The molecule has 13 heteroatoms. The molecule has 188 valence electrons. The summed E-state index contributed by atoms with van der Waals surface area (Å²) in [7, 11) is 1.26. The number of benzene rings is 1. The minimum absolute atomic E-state index is 0.0529. The zero-order valence-corrected chi connectivity index (χ0v) is 19.9. The minimum Gasteiger partial charge on any atom is -0.471 e. The predicted molar refractivity (Wildman–Crippen MR) is 126 cm³/mol. The Labute approximate surface area is 209 Å². The molecule has 0 aliphatic heterocycles. The first kappa shape index (κ1) is 23.7. The molecule has 5 aromatic rings. The SMILES string of the molecule is CCOC(=O)c1cnn(-c2nc(OCc3ccccc3)c3c(ncn3Cc3nc(C(=O)OC)co3)n2)c1. The van der Waals surface area contributed by atoms with Crippen molar-refractivity contribution in [2.24, 2.45) is 0 Å². The molecule has 0 radical (unpaired) electrons. The van der Waals surface area contributed by atoms with Gasteiger partial charge in [-0.25, -0.2) is 24.2 Å². The van der Waals surface area contributed by atoms with Gasteiger partial charge < -0.3 is 23.2 Å². The van der Waals surface area contributed by atoms with E-state index in [0.29, 0.717) is 11.2 Å². The van der Waals surface area contributed by atoms with Gasteiger partial charge in [0.15, 0.2) is 16.9 Å². The van der Waals surface area contributed by atoms with Crippen molar-refractivity contribution in [1.82, 2.24) is 34.3 Å². The van der Waals surface area contributed by atoms with Gasteiger partial charge in [0, 0.05) is 6.20 Å². The van der Waals surface area contributed by atoms with Crippen molar-refractivity contribution in [1.29, 1.82) is 0 Å². The number of hydrogen-bond donors (Lipinski definition) is 0. The van der Waals surface area contributed by atoms with Gasteiger partial charge in [-0.1, -0.05) is 30.3 Å². The summed E-state index contributed by atoms with van der Waals surface area (Å²) in [6.07, 6.45) is 5.60. The fourth-order valence-corrected chi connectivity index (χ4v) is 3.46. The number of hydrogen-bond acceptors (Lipinski definition) is 11. The Kier molecular flexibility index (Phi) is 6.57. The highest BCUT2D eigenvalue weighted by Crippen LogP contribution is 2.25. The molecule has 0 saturated heterocycles. The van der Waals surface area contributed by atoms with Crippen LogP contribution in [0.3, 0.4) is 0 Å². The average Bonchev–Trinajstić information content (AvgIpc) is 3.68. The van der Waals surface area contributed by atoms with Crippen molar-refractivity contribution < 1.29 is 28.2 Å². The summed E-state index contributed by atoms with van der Waals surface area (Å²) in [5.74, 6) is -0.470. The molecule has 0 atom stereocenters. The fourth-order valence-electron chi connectivity index (χ4n) is 3.46. The molecule has 0 unspecified atom stereocenters. The first-order valence-electron chi connectivity index (χ1n) is 11.2. The second-order valence-electron chi connectivity index (χ2n) is 7.66. The van der Waals surface area contributed by atoms with Crippen molar-refractivity contribution >= 4 is 23.1 Å². The molecule has 1 aromatic carbocycles. The van der Waals surface area contributed by atoms with Gasteiger partial charge in [0.25, 0.3) is 5.95 Å². The number of aromatic nitrogens is 7. The second-order valence-corrected chi connectivity index (χ2v) is 7.66. The van der Waals surface area contributed by atoms with E-state index in [-0.39, 0.29) is 48.7 Å². The molecule has 0 aliphatic rings. The van der Waals surface area contributed by atoms with Gasteiger partial charge in [0.05, 0.1) is 31.8 Å². The molecule has 37 heavy (non-hydrogen) atoms. The number of ether oxygens (including phenoxy) is 3. The Balaban J connectivity index is 1.51. The largest absolute Gasteiger partial charge is 0.471 e. The highest BCUT2D eigenvalue weighted by molar-refractivity contribution is 5.89. The zero-order valence-electron chi connectivity index (χ0n) is 19.9. The highest BCUT2D eigenvalue weighted by atomic mass is 16.5. The number of methoxy groups -OCH3 is 1. The van der Waals surface area contributed by atoms with Crippen LogP contribution in [0.4, 0.5) is 0 Å². The normalized spacial score (nSPS) is 11.0. The van der Waals surface area contributed by atoms with Crippen LogP contribution in [-0.2, 0) is 22.6 Å². The fraction of sp³-hybridized carbons (Fsp3) is 0.208. The van der Waals surface area contributed by atoms with Gasteiger partial charge in [-0.15, -0.1) is 0 Å². The van der Waals surface area contributed by atoms with E-state index in [2.05, 4.69) is 29.8 Å². The topological polar surface area (TPSA) is 149 Å². The molecule has 0 spiro atoms. The molecule has 5 rings (SSSR count). The summed E-state index contributed by atoms with van der Waals surface area (Å²) < 4.78 is 24.2. The number of carbonyl (C=O) groups is 2. The Morgan fingerprint density at radius 1 is 1.08 bits per heavy atom. The van der Waals surface area contributed by atoms with E-state index in [0.717, 1.165) is 5.56 Å². The first-order valence-corrected chi connectivity index (χ1v) is 11.2. The van der Waals surface area contributed by atoms with Gasteiger partial charge >= 0.3 is 11.9 Å². The Morgan fingerprint density at radius 3 is 2.70 bits per heavy atom. The summed E-state index contributed by atoms with van der Waals surface area (Å²) in [4.78, 5) is 41.4. The van der Waals surface area contributed by atoms with E-state index in [1.807, 2.05) is 30.3 Å². The maximum absolute atomic E-state index is 12.1. The molecule has 13 nitrogen and oxygen atoms in total. The third-order valence-corrected chi connectivity index (χ3v) is 5.20. The molecule has 0 saturated carbocycles. The van der Waals surface area contributed by atoms with E-state index >= 15 is 0 Å². The zero-order chi connectivity index (χ0) is 25.8. The van der Waals surface area contributed by atoms with Gasteiger partial charge in [0.1, 0.15) is 19.4 Å². The smallest absolute Gasteiger partial charge is 0.360 e. The standard InChI is InChI=1S/C24H21N7O6/c1-3-35-22(32)16-9-26-31(10-16)24-28-20-19(21(29-24)37-12-15-7-5-4-6-8-15)30(14-25-20)11-18-27-17(13-36-18)23(33)34-2/h4-10,13-14H,3,11-12H2,1-2H3. The van der Waals surface area contributed by atoms with Crippen LogP contribution < -0.4 is 4.74 Å². The number of oxazole rings is 1. The molecule has 0 aliphatic carbocycles. The maximum atomic E-state index is 12.1. The van der Waals surface area contributed by atoms with Crippen LogP contribution in [0.25, 0.3) is 17.1 Å². The van der Waals surface area contributed by atoms with Gasteiger partial charge in [-0.2, -0.15) is 15.1 Å². The number of carbonyl (C=O) groups excluding carboxylic acids is 2. The molecule has 0 bridgehead atoms. The molecular weight excluding hydrogens is 482 g/mol. The van der Waals surface area contributed by atoms with Crippen LogP contribution >= 0.6 is 0 Å². The van der Waals surface area contributed by atoms with E-state index in [1.165, 1.54) is 36.8 Å². The molecule has 0 N–H and O–H groups in total. The first-order chi connectivity index (χ1) is 18.1. The van der Waals surface area contributed by atoms with Crippen LogP contribution in [-0.4, -0.2) is 59.9 Å². The lowest BCUT2D eigenvalue weighted by Crippen LogP contribution is -2.08. The quantitative estimate of drug-likeness (QED) is 0.273. The number of esters is 2. The number of rotatable bonds is 9. The van der Waals surface area contributed by atoms with Crippen molar-refractivity contribution in [3.05, 3.63) is 78.0 Å². The average molecular weight is 503 g/mol. The second kappa shape index (κ2) is 10.3. The lowest BCUT2D eigenvalue weighted by molar-refractivity contribution is 0.0525. The predicted octanol–water partition coefficient (Wildman–Crippen LogP) is 2.59. The van der Waals surface area contributed by atoms with E-state index in [4.69, 9.17) is 13.9 Å². The van der Waals surface area contributed by atoms with Crippen LogP contribution in [0.1, 0.15) is 39.2 Å². The third kappa shape index (κ3) is 5.00. The lowest BCUT2D eigenvalue weighted by Gasteiger charge is -2.10. The summed E-state index contributed by atoms with van der Waals surface area (Å²) in [6, 6.07) is 9.59. The van der Waals surface area contributed by atoms with Crippen molar-refractivity contribution in [3.63, 3.8) is 0 Å². The number of imidazole rings is 1. The Bertz CT molecular complexity index is 1560. The van der Waals surface area contributed by atoms with E-state index < -0.39 is 11.9 Å². The van der Waals surface area contributed by atoms with E-state index in [9.17, 15) is 9.59 Å². The van der Waals surface area contributed by atoms with Crippen molar-refractivity contribution in [2.75, 3.05) is 13.7 Å². The lowest BCUT2D eigenvalue weighted by atomic mass is 10.2. The van der Waals surface area contributed by atoms with Crippen molar-refractivity contribution in [2.45, 2.75) is 20.1 Å². The molecule has 0 amide bonds. The minimum atomic E-state index is -0.605. The Hall–Kier alpha value is -5.07. The molecule has 4 aromatic heterocycles. The summed E-state index contributed by atoms with van der Waals surface area (Å²) >= 11 is 0. The van der Waals surface area contributed by atoms with Crippen LogP contribution in [0.15, 0.2) is 59.7 Å². The van der Waals surface area contributed by atoms with E-state index in [1.54, 1.807) is 11.5 Å². The maximum Gasteiger partial charge on any atom is 0.360 e. The summed E-state index contributed by atoms with van der Waals surface area (Å²) in [5.41, 5.74) is 2.04. The molecule has 0 fully saturated rings. The van der Waals surface area contributed by atoms with Crippen LogP contribution in [0, 0.1) is 0 Å². The summed E-state index contributed by atoms with van der Waals surface area (Å²) in [5, 5.41) is 4.19. The van der Waals surface area contributed by atoms with Crippen molar-refractivity contribution in [3.8, 4) is 11.8 Å². The molecule has 4 heterocycles. The van der Waals surface area contributed by atoms with Crippen LogP contribution in [0.5, 0.6) is 5.88 Å². The number of fused-ring (bicyclic) bond motifs is 1. The highest BCUT2D eigenvalue weighted by Gasteiger charge is 2.20. The monoisotopic (exact) mass is 503 g/mol. The third-order valence-electron chi connectivity index (χ3n) is 5.20. The van der Waals surface area contributed by atoms with Crippen LogP contribution in [0.2, 0.25) is 0 Å². The summed E-state index contributed by atoms with van der Waals surface area (Å²) in [6.45, 7) is 2.33. The number of nitrogens with zero attached hydrogens (tertiary/aromatic N) is 7.